The van der Waals surface area contributed by atoms with Gasteiger partial charge in [0.2, 0.25) is 5.95 Å². The fraction of sp³-hybridized carbons (Fsp3) is 0.375. The second-order valence-electron chi connectivity index (χ2n) is 5.96. The molecule has 1 N–H and O–H groups in total. The highest BCUT2D eigenvalue weighted by atomic mass is 32.2. The maximum absolute atomic E-state index is 11.8. The molecule has 1 aromatic heterocycles. The minimum Gasteiger partial charge on any atom is -0.368 e. The van der Waals surface area contributed by atoms with Crippen LogP contribution in [-0.2, 0) is 10.2 Å². The van der Waals surface area contributed by atoms with Gasteiger partial charge < -0.3 is 9.80 Å². The van der Waals surface area contributed by atoms with Crippen molar-refractivity contribution in [3.05, 3.63) is 42.7 Å². The van der Waals surface area contributed by atoms with E-state index >= 15 is 0 Å². The van der Waals surface area contributed by atoms with E-state index < -0.39 is 10.2 Å². The number of nitrogens with one attached hydrogen (secondary N) is 1. The number of nitrogens with zero attached hydrogens (tertiary/aromatic N) is 5. The summed E-state index contributed by atoms with van der Waals surface area (Å²) in [4.78, 5) is 13.0. The van der Waals surface area contributed by atoms with Crippen LogP contribution in [0, 0.1) is 0 Å². The second kappa shape index (κ2) is 7.24. The Labute approximate surface area is 148 Å². The fourth-order valence-corrected chi connectivity index (χ4v) is 3.22. The Bertz CT molecular complexity index is 787. The van der Waals surface area contributed by atoms with Crippen molar-refractivity contribution >= 4 is 27.5 Å². The van der Waals surface area contributed by atoms with Crippen LogP contribution < -0.4 is 14.5 Å². The van der Waals surface area contributed by atoms with Crippen LogP contribution in [-0.4, -0.2) is 63.0 Å². The number of piperazine rings is 1. The molecule has 0 unspecified atom stereocenters. The van der Waals surface area contributed by atoms with E-state index in [-0.39, 0.29) is 0 Å². The van der Waals surface area contributed by atoms with Crippen molar-refractivity contribution in [1.29, 1.82) is 0 Å². The van der Waals surface area contributed by atoms with Crippen molar-refractivity contribution in [2.75, 3.05) is 54.8 Å². The molecular weight excluding hydrogens is 340 g/mol. The standard InChI is InChI=1S/C16H22N6O2S/c1-20(2)25(23,24)19-14-4-6-15(7-5-14)21-10-12-22(13-11-21)16-17-8-3-9-18-16/h3-9,19H,10-13H2,1-2H3. The van der Waals surface area contributed by atoms with E-state index in [2.05, 4.69) is 24.5 Å². The lowest BCUT2D eigenvalue weighted by atomic mass is 10.2. The monoisotopic (exact) mass is 362 g/mol. The van der Waals surface area contributed by atoms with Gasteiger partial charge in [-0.15, -0.1) is 0 Å². The SMILES string of the molecule is CN(C)S(=O)(=O)Nc1ccc(N2CCN(c3ncccn3)CC2)cc1. The summed E-state index contributed by atoms with van der Waals surface area (Å²) < 4.78 is 27.4. The van der Waals surface area contributed by atoms with Crippen LogP contribution in [0.25, 0.3) is 0 Å². The quantitative estimate of drug-likeness (QED) is 0.855. The van der Waals surface area contributed by atoms with E-state index in [1.807, 2.05) is 18.2 Å². The molecule has 1 saturated heterocycles. The summed E-state index contributed by atoms with van der Waals surface area (Å²) in [6, 6.07) is 9.24. The van der Waals surface area contributed by atoms with Gasteiger partial charge in [0, 0.05) is 64.0 Å². The van der Waals surface area contributed by atoms with Crippen molar-refractivity contribution in [2.24, 2.45) is 0 Å². The third-order valence-corrected chi connectivity index (χ3v) is 5.53. The zero-order valence-electron chi connectivity index (χ0n) is 14.3. The van der Waals surface area contributed by atoms with E-state index in [0.717, 1.165) is 42.1 Å². The first-order valence-electron chi connectivity index (χ1n) is 8.03. The highest BCUT2D eigenvalue weighted by Crippen LogP contribution is 2.21. The molecule has 134 valence electrons. The lowest BCUT2D eigenvalue weighted by Gasteiger charge is -2.36. The minimum absolute atomic E-state index is 0.550. The van der Waals surface area contributed by atoms with E-state index in [1.165, 1.54) is 14.1 Å². The van der Waals surface area contributed by atoms with Gasteiger partial charge in [0.25, 0.3) is 0 Å². The summed E-state index contributed by atoms with van der Waals surface area (Å²) in [7, 11) is -0.492. The molecule has 0 radical (unpaired) electrons. The van der Waals surface area contributed by atoms with Gasteiger partial charge in [-0.3, -0.25) is 4.72 Å². The Morgan fingerprint density at radius 1 is 0.960 bits per heavy atom. The van der Waals surface area contributed by atoms with Crippen LogP contribution in [0.5, 0.6) is 0 Å². The first-order chi connectivity index (χ1) is 12.0. The molecule has 8 nitrogen and oxygen atoms in total. The summed E-state index contributed by atoms with van der Waals surface area (Å²) in [5.41, 5.74) is 1.62. The van der Waals surface area contributed by atoms with Crippen LogP contribution in [0.2, 0.25) is 0 Å². The molecule has 0 aliphatic carbocycles. The molecule has 0 saturated carbocycles. The Kier molecular flexibility index (Phi) is 5.05. The Morgan fingerprint density at radius 3 is 2.08 bits per heavy atom. The predicted molar refractivity (Wildman–Crippen MR) is 99.1 cm³/mol. The molecule has 0 spiro atoms. The lowest BCUT2D eigenvalue weighted by molar-refractivity contribution is 0.527. The highest BCUT2D eigenvalue weighted by Gasteiger charge is 2.19. The largest absolute Gasteiger partial charge is 0.368 e. The van der Waals surface area contributed by atoms with Gasteiger partial charge in [-0.1, -0.05) is 0 Å². The topological polar surface area (TPSA) is 81.7 Å². The molecule has 9 heteroatoms. The van der Waals surface area contributed by atoms with Crippen LogP contribution in [0.15, 0.2) is 42.7 Å². The van der Waals surface area contributed by atoms with Crippen LogP contribution >= 0.6 is 0 Å². The Morgan fingerprint density at radius 2 is 1.52 bits per heavy atom. The van der Waals surface area contributed by atoms with Gasteiger partial charge in [-0.05, 0) is 30.3 Å². The first-order valence-corrected chi connectivity index (χ1v) is 9.47. The molecule has 3 rings (SSSR count). The third-order valence-electron chi connectivity index (χ3n) is 4.07. The van der Waals surface area contributed by atoms with Gasteiger partial charge in [-0.2, -0.15) is 12.7 Å². The van der Waals surface area contributed by atoms with E-state index in [9.17, 15) is 8.42 Å². The molecule has 1 aliphatic heterocycles. The number of hydrogen-bond acceptors (Lipinski definition) is 6. The molecule has 0 atom stereocenters. The Hall–Kier alpha value is -2.39. The zero-order valence-corrected chi connectivity index (χ0v) is 15.1. The molecule has 2 heterocycles. The summed E-state index contributed by atoms with van der Waals surface area (Å²) in [6.45, 7) is 3.42. The smallest absolute Gasteiger partial charge is 0.301 e. The fourth-order valence-electron chi connectivity index (χ4n) is 2.60. The maximum Gasteiger partial charge on any atom is 0.301 e. The van der Waals surface area contributed by atoms with Crippen molar-refractivity contribution in [3.63, 3.8) is 0 Å². The van der Waals surface area contributed by atoms with Gasteiger partial charge in [0.15, 0.2) is 0 Å². The van der Waals surface area contributed by atoms with Gasteiger partial charge in [0.1, 0.15) is 0 Å². The number of anilines is 3. The van der Waals surface area contributed by atoms with Crippen molar-refractivity contribution < 1.29 is 8.42 Å². The number of aromatic nitrogens is 2. The Balaban J connectivity index is 1.61. The summed E-state index contributed by atoms with van der Waals surface area (Å²) >= 11 is 0. The average molecular weight is 362 g/mol. The van der Waals surface area contributed by atoms with Crippen LogP contribution in [0.4, 0.5) is 17.3 Å². The first kappa shape index (κ1) is 17.4. The zero-order chi connectivity index (χ0) is 17.9. The molecule has 25 heavy (non-hydrogen) atoms. The number of benzene rings is 1. The second-order valence-corrected chi connectivity index (χ2v) is 7.84. The third kappa shape index (κ3) is 4.18. The molecule has 0 bridgehead atoms. The van der Waals surface area contributed by atoms with Gasteiger partial charge in [-0.25, -0.2) is 9.97 Å². The average Bonchev–Trinajstić information content (AvgIpc) is 2.63. The number of rotatable bonds is 5. The summed E-state index contributed by atoms with van der Waals surface area (Å²) in [5.74, 6) is 0.760. The van der Waals surface area contributed by atoms with Crippen molar-refractivity contribution in [1.82, 2.24) is 14.3 Å². The molecule has 1 aromatic carbocycles. The van der Waals surface area contributed by atoms with Crippen LogP contribution in [0.3, 0.4) is 0 Å². The highest BCUT2D eigenvalue weighted by molar-refractivity contribution is 7.90. The lowest BCUT2D eigenvalue weighted by Crippen LogP contribution is -2.47. The molecule has 2 aromatic rings. The van der Waals surface area contributed by atoms with Gasteiger partial charge >= 0.3 is 10.2 Å². The van der Waals surface area contributed by atoms with Gasteiger partial charge in [0.05, 0.1) is 0 Å². The summed E-state index contributed by atoms with van der Waals surface area (Å²) in [6.07, 6.45) is 3.50. The molecule has 1 aliphatic rings. The maximum atomic E-state index is 11.8. The number of hydrogen-bond donors (Lipinski definition) is 1. The van der Waals surface area contributed by atoms with Crippen LogP contribution in [0.1, 0.15) is 0 Å². The molecule has 1 fully saturated rings. The normalized spacial score (nSPS) is 15.5. The van der Waals surface area contributed by atoms with E-state index in [4.69, 9.17) is 0 Å². The van der Waals surface area contributed by atoms with E-state index in [0.29, 0.717) is 5.69 Å². The predicted octanol–water partition coefficient (Wildman–Crippen LogP) is 1.02. The minimum atomic E-state index is -3.48. The van der Waals surface area contributed by atoms with E-state index in [1.54, 1.807) is 24.5 Å². The van der Waals surface area contributed by atoms with Crippen molar-refractivity contribution in [3.8, 4) is 0 Å². The molecule has 0 amide bonds. The summed E-state index contributed by atoms with van der Waals surface area (Å²) in [5, 5.41) is 0. The van der Waals surface area contributed by atoms with Crippen molar-refractivity contribution in [2.45, 2.75) is 0 Å². The molecular formula is C16H22N6O2S.